The minimum absolute atomic E-state index is 0.0863. The Kier molecular flexibility index (Phi) is 8.40. The highest BCUT2D eigenvalue weighted by Crippen LogP contribution is 2.33. The van der Waals surface area contributed by atoms with E-state index in [-0.39, 0.29) is 10.8 Å². The molecule has 0 N–H and O–H groups in total. The number of benzene rings is 2. The Labute approximate surface area is 237 Å². The van der Waals surface area contributed by atoms with E-state index in [0.29, 0.717) is 29.8 Å². The number of aryl methyl sites for hydroxylation is 2. The number of pyridine rings is 1. The molecule has 4 rings (SSSR count). The molecule has 0 saturated heterocycles. The van der Waals surface area contributed by atoms with Crippen LogP contribution in [0.5, 0.6) is 5.75 Å². The lowest BCUT2D eigenvalue weighted by Crippen LogP contribution is -2.26. The Hall–Kier alpha value is -3.65. The van der Waals surface area contributed by atoms with Gasteiger partial charge in [0.15, 0.2) is 6.10 Å². The van der Waals surface area contributed by atoms with Gasteiger partial charge in [0.25, 0.3) is 10.0 Å². The highest BCUT2D eigenvalue weighted by atomic mass is 32.2. The molecule has 0 aliphatic heterocycles. The number of nitrogens with zero attached hydrogens (tertiary/aromatic N) is 2. The zero-order valence-electron chi connectivity index (χ0n) is 24.5. The molecule has 0 aliphatic carbocycles. The van der Waals surface area contributed by atoms with E-state index in [1.54, 1.807) is 44.3 Å². The van der Waals surface area contributed by atoms with Crippen molar-refractivity contribution in [2.45, 2.75) is 78.7 Å². The lowest BCUT2D eigenvalue weighted by atomic mass is 9.93. The van der Waals surface area contributed by atoms with E-state index < -0.39 is 22.1 Å². The van der Waals surface area contributed by atoms with Crippen LogP contribution in [-0.4, -0.2) is 36.1 Å². The fraction of sp³-hybridized carbons (Fsp3) is 0.375. The standard InChI is InChI=1S/C32H38N2O5S/c1-9-38-32(35)24(8)39-30-16-21(5)27(22(6)23(30)7)17-25-12-15-29-31(33-25)28(19(2)3)18-34(29)40(36,37)26-13-10-20(4)11-14-26/h10-16,18-19,24H,9,17H2,1-8H3. The maximum atomic E-state index is 13.6. The molecule has 8 heteroatoms. The van der Waals surface area contributed by atoms with Crippen LogP contribution in [0.2, 0.25) is 0 Å². The highest BCUT2D eigenvalue weighted by Gasteiger charge is 2.24. The first kappa shape index (κ1) is 29.3. The van der Waals surface area contributed by atoms with Gasteiger partial charge in [0.05, 0.1) is 22.5 Å². The van der Waals surface area contributed by atoms with Crippen molar-refractivity contribution < 1.29 is 22.7 Å². The Morgan fingerprint density at radius 1 is 0.975 bits per heavy atom. The zero-order valence-corrected chi connectivity index (χ0v) is 25.3. The fourth-order valence-corrected chi connectivity index (χ4v) is 6.22. The number of carbonyl (C=O) groups is 1. The number of esters is 1. The topological polar surface area (TPSA) is 87.5 Å². The number of hydrogen-bond donors (Lipinski definition) is 0. The molecule has 212 valence electrons. The van der Waals surface area contributed by atoms with Gasteiger partial charge in [-0.2, -0.15) is 0 Å². The van der Waals surface area contributed by atoms with Gasteiger partial charge in [0, 0.05) is 18.3 Å². The van der Waals surface area contributed by atoms with Crippen molar-refractivity contribution in [3.63, 3.8) is 0 Å². The molecular formula is C32H38N2O5S. The molecule has 2 heterocycles. The molecule has 0 bridgehead atoms. The zero-order chi connectivity index (χ0) is 29.4. The average molecular weight is 563 g/mol. The van der Waals surface area contributed by atoms with Crippen molar-refractivity contribution in [3.8, 4) is 5.75 Å². The predicted molar refractivity (Wildman–Crippen MR) is 158 cm³/mol. The third-order valence-corrected chi connectivity index (χ3v) is 9.08. The van der Waals surface area contributed by atoms with E-state index in [9.17, 15) is 13.2 Å². The van der Waals surface area contributed by atoms with Gasteiger partial charge in [-0.15, -0.1) is 0 Å². The first-order valence-electron chi connectivity index (χ1n) is 13.6. The van der Waals surface area contributed by atoms with Crippen molar-refractivity contribution in [1.82, 2.24) is 8.96 Å². The van der Waals surface area contributed by atoms with E-state index in [0.717, 1.165) is 39.1 Å². The van der Waals surface area contributed by atoms with Crippen molar-refractivity contribution in [1.29, 1.82) is 0 Å². The number of aromatic nitrogens is 2. The number of carbonyl (C=O) groups excluding carboxylic acids is 1. The molecule has 0 saturated carbocycles. The van der Waals surface area contributed by atoms with Crippen LogP contribution < -0.4 is 4.74 Å². The van der Waals surface area contributed by atoms with Crippen LogP contribution >= 0.6 is 0 Å². The number of ether oxygens (including phenoxy) is 2. The second-order valence-corrected chi connectivity index (χ2v) is 12.4. The van der Waals surface area contributed by atoms with Crippen molar-refractivity contribution in [2.24, 2.45) is 0 Å². The van der Waals surface area contributed by atoms with Crippen LogP contribution in [0.1, 0.15) is 72.7 Å². The molecule has 2 aromatic carbocycles. The third-order valence-electron chi connectivity index (χ3n) is 7.39. The van der Waals surface area contributed by atoms with Crippen LogP contribution in [0.3, 0.4) is 0 Å². The average Bonchev–Trinajstić information content (AvgIpc) is 3.30. The van der Waals surface area contributed by atoms with Crippen LogP contribution in [-0.2, 0) is 26.0 Å². The van der Waals surface area contributed by atoms with Gasteiger partial charge in [-0.25, -0.2) is 17.2 Å². The molecular weight excluding hydrogens is 524 g/mol. The summed E-state index contributed by atoms with van der Waals surface area (Å²) in [6.07, 6.45) is 1.58. The second-order valence-electron chi connectivity index (χ2n) is 10.6. The minimum Gasteiger partial charge on any atom is -0.479 e. The maximum absolute atomic E-state index is 13.6. The Morgan fingerprint density at radius 2 is 1.65 bits per heavy atom. The van der Waals surface area contributed by atoms with Gasteiger partial charge in [0.2, 0.25) is 0 Å². The van der Waals surface area contributed by atoms with Crippen LogP contribution in [0.15, 0.2) is 53.6 Å². The van der Waals surface area contributed by atoms with E-state index >= 15 is 0 Å². The summed E-state index contributed by atoms with van der Waals surface area (Å²) in [7, 11) is -3.78. The summed E-state index contributed by atoms with van der Waals surface area (Å²) >= 11 is 0. The molecule has 0 radical (unpaired) electrons. The first-order valence-corrected chi connectivity index (χ1v) is 15.0. The number of hydrogen-bond acceptors (Lipinski definition) is 6. The van der Waals surface area contributed by atoms with Gasteiger partial charge >= 0.3 is 5.97 Å². The summed E-state index contributed by atoms with van der Waals surface area (Å²) in [5.74, 6) is 0.350. The van der Waals surface area contributed by atoms with Gasteiger partial charge < -0.3 is 9.47 Å². The quantitative estimate of drug-likeness (QED) is 0.215. The van der Waals surface area contributed by atoms with Crippen molar-refractivity contribution in [3.05, 3.63) is 87.7 Å². The largest absolute Gasteiger partial charge is 0.479 e. The van der Waals surface area contributed by atoms with Crippen LogP contribution in [0.25, 0.3) is 11.0 Å². The van der Waals surface area contributed by atoms with Gasteiger partial charge in [0.1, 0.15) is 5.75 Å². The molecule has 4 aromatic rings. The summed E-state index contributed by atoms with van der Waals surface area (Å²) in [5.41, 5.74) is 8.16. The Bertz CT molecular complexity index is 1670. The maximum Gasteiger partial charge on any atom is 0.347 e. The van der Waals surface area contributed by atoms with Gasteiger partial charge in [-0.05, 0) is 106 Å². The van der Waals surface area contributed by atoms with Crippen LogP contribution in [0, 0.1) is 27.7 Å². The normalized spacial score (nSPS) is 12.6. The Morgan fingerprint density at radius 3 is 2.27 bits per heavy atom. The summed E-state index contributed by atoms with van der Waals surface area (Å²) in [6, 6.07) is 12.6. The monoisotopic (exact) mass is 562 g/mol. The lowest BCUT2D eigenvalue weighted by molar-refractivity contribution is -0.150. The molecule has 0 amide bonds. The fourth-order valence-electron chi connectivity index (χ4n) is 4.86. The molecule has 0 fully saturated rings. The SMILES string of the molecule is CCOC(=O)C(C)Oc1cc(C)c(Cc2ccc3c(n2)c(C(C)C)cn3S(=O)(=O)c2ccc(C)cc2)c(C)c1C. The molecule has 1 atom stereocenters. The van der Waals surface area contributed by atoms with Crippen molar-refractivity contribution in [2.75, 3.05) is 6.61 Å². The summed E-state index contributed by atoms with van der Waals surface area (Å²) in [5, 5.41) is 0. The molecule has 0 aliphatic rings. The summed E-state index contributed by atoms with van der Waals surface area (Å²) < 4.78 is 39.6. The smallest absolute Gasteiger partial charge is 0.347 e. The van der Waals surface area contributed by atoms with E-state index in [1.165, 1.54) is 3.97 Å². The third kappa shape index (κ3) is 5.63. The predicted octanol–water partition coefficient (Wildman–Crippen LogP) is 6.55. The molecule has 1 unspecified atom stereocenters. The minimum atomic E-state index is -3.78. The number of rotatable bonds is 9. The Balaban J connectivity index is 1.72. The molecule has 0 spiro atoms. The highest BCUT2D eigenvalue weighted by molar-refractivity contribution is 7.90. The van der Waals surface area contributed by atoms with Gasteiger partial charge in [-0.3, -0.25) is 4.98 Å². The lowest BCUT2D eigenvalue weighted by Gasteiger charge is -2.20. The number of fused-ring (bicyclic) bond motifs is 1. The van der Waals surface area contributed by atoms with Crippen molar-refractivity contribution >= 4 is 27.0 Å². The second kappa shape index (κ2) is 11.5. The van der Waals surface area contributed by atoms with E-state index in [2.05, 4.69) is 0 Å². The van der Waals surface area contributed by atoms with E-state index in [4.69, 9.17) is 14.5 Å². The van der Waals surface area contributed by atoms with E-state index in [1.807, 2.05) is 59.7 Å². The summed E-state index contributed by atoms with van der Waals surface area (Å²) in [6.45, 7) is 15.8. The van der Waals surface area contributed by atoms with Gasteiger partial charge in [-0.1, -0.05) is 31.5 Å². The molecule has 7 nitrogen and oxygen atoms in total. The first-order chi connectivity index (χ1) is 18.8. The van der Waals surface area contributed by atoms with Crippen LogP contribution in [0.4, 0.5) is 0 Å². The summed E-state index contributed by atoms with van der Waals surface area (Å²) in [4.78, 5) is 17.3. The molecule has 2 aromatic heterocycles. The molecule has 40 heavy (non-hydrogen) atoms.